The number of thioether (sulfide) groups is 1. The minimum absolute atomic E-state index is 0.661. The summed E-state index contributed by atoms with van der Waals surface area (Å²) in [5.74, 6) is 1.96. The van der Waals surface area contributed by atoms with E-state index in [0.29, 0.717) is 11.7 Å². The first-order valence-corrected chi connectivity index (χ1v) is 3.73. The Morgan fingerprint density at radius 2 is 2.60 bits per heavy atom. The molecule has 0 atom stereocenters. The first kappa shape index (κ1) is 7.49. The van der Waals surface area contributed by atoms with Crippen molar-refractivity contribution >= 4 is 11.8 Å². The van der Waals surface area contributed by atoms with Crippen LogP contribution in [0.3, 0.4) is 0 Å². The van der Waals surface area contributed by atoms with E-state index < -0.39 is 0 Å². The van der Waals surface area contributed by atoms with Crippen LogP contribution in [0, 0.1) is 5.75 Å². The summed E-state index contributed by atoms with van der Waals surface area (Å²) in [6.07, 6.45) is 0.866. The van der Waals surface area contributed by atoms with Crippen molar-refractivity contribution in [3.05, 3.63) is 5.75 Å². The highest BCUT2D eigenvalue weighted by Crippen LogP contribution is 2.14. The Labute approximate surface area is 62.8 Å². The number of nitrogens with one attached hydrogen (secondary N) is 1. The maximum absolute atomic E-state index is 5.26. The lowest BCUT2D eigenvalue weighted by Crippen LogP contribution is -1.96. The van der Waals surface area contributed by atoms with Gasteiger partial charge in [0.1, 0.15) is 0 Å². The number of aromatic nitrogens is 4. The Morgan fingerprint density at radius 3 is 3.20 bits per heavy atom. The van der Waals surface area contributed by atoms with Crippen LogP contribution in [0.25, 0.3) is 0 Å². The molecule has 3 N–H and O–H groups in total. The monoisotopic (exact) mass is 158 g/mol. The van der Waals surface area contributed by atoms with Crippen molar-refractivity contribution in [2.45, 2.75) is 11.6 Å². The third-order valence-electron chi connectivity index (χ3n) is 0.805. The molecule has 0 fully saturated rings. The number of nitrogens with two attached hydrogens (primary N) is 1. The molecule has 1 heterocycles. The van der Waals surface area contributed by atoms with E-state index in [9.17, 15) is 0 Å². The molecule has 0 bridgehead atoms. The van der Waals surface area contributed by atoms with Crippen LogP contribution in [-0.2, 0) is 0 Å². The van der Waals surface area contributed by atoms with Crippen molar-refractivity contribution in [3.63, 3.8) is 0 Å². The molecule has 1 radical (unpaired) electrons. The maximum atomic E-state index is 5.26. The van der Waals surface area contributed by atoms with Gasteiger partial charge in [0.25, 0.3) is 0 Å². The molecule has 1 rings (SSSR count). The summed E-state index contributed by atoms with van der Waals surface area (Å²) >= 11 is 1.45. The average molecular weight is 158 g/mol. The van der Waals surface area contributed by atoms with Crippen molar-refractivity contribution in [2.24, 2.45) is 5.73 Å². The number of nitrogens with zero attached hydrogens (tertiary/aromatic N) is 3. The van der Waals surface area contributed by atoms with E-state index in [2.05, 4.69) is 20.6 Å². The van der Waals surface area contributed by atoms with E-state index in [1.807, 2.05) is 5.75 Å². The third kappa shape index (κ3) is 2.32. The molecule has 0 spiro atoms. The van der Waals surface area contributed by atoms with Crippen LogP contribution < -0.4 is 5.73 Å². The molecule has 0 aromatic carbocycles. The number of hydrogen-bond donors (Lipinski definition) is 2. The van der Waals surface area contributed by atoms with Gasteiger partial charge in [0.15, 0.2) is 0 Å². The SMILES string of the molecule is NCC[CH]Sc1nnn[nH]1. The molecule has 5 nitrogen and oxygen atoms in total. The molecule has 0 aliphatic rings. The molecule has 1 aromatic heterocycles. The molecule has 55 valence electrons. The minimum Gasteiger partial charge on any atom is -0.330 e. The van der Waals surface area contributed by atoms with Gasteiger partial charge in [-0.1, -0.05) is 11.8 Å². The summed E-state index contributed by atoms with van der Waals surface area (Å²) in [5, 5.41) is 13.8. The van der Waals surface area contributed by atoms with Crippen LogP contribution in [0.4, 0.5) is 0 Å². The molecule has 0 saturated heterocycles. The van der Waals surface area contributed by atoms with Crippen molar-refractivity contribution < 1.29 is 0 Å². The smallest absolute Gasteiger partial charge is 0.207 e. The van der Waals surface area contributed by atoms with Crippen LogP contribution in [0.5, 0.6) is 0 Å². The molecule has 0 aliphatic carbocycles. The maximum Gasteiger partial charge on any atom is 0.207 e. The van der Waals surface area contributed by atoms with Gasteiger partial charge in [-0.25, -0.2) is 5.10 Å². The van der Waals surface area contributed by atoms with E-state index in [-0.39, 0.29) is 0 Å². The lowest BCUT2D eigenvalue weighted by atomic mass is 10.5. The van der Waals surface area contributed by atoms with Crippen LogP contribution in [-0.4, -0.2) is 27.2 Å². The molecule has 6 heteroatoms. The highest BCUT2D eigenvalue weighted by Gasteiger charge is 1.95. The number of hydrogen-bond acceptors (Lipinski definition) is 5. The van der Waals surface area contributed by atoms with E-state index in [1.165, 1.54) is 11.8 Å². The summed E-state index contributed by atoms with van der Waals surface area (Å²) in [5.41, 5.74) is 5.26. The molecular weight excluding hydrogens is 150 g/mol. The zero-order chi connectivity index (χ0) is 7.23. The summed E-state index contributed by atoms with van der Waals surface area (Å²) in [4.78, 5) is 0. The largest absolute Gasteiger partial charge is 0.330 e. The Kier molecular flexibility index (Phi) is 3.17. The quantitative estimate of drug-likeness (QED) is 0.468. The summed E-state index contributed by atoms with van der Waals surface area (Å²) in [6.45, 7) is 0.661. The number of aromatic amines is 1. The molecule has 1 aromatic rings. The van der Waals surface area contributed by atoms with E-state index in [0.717, 1.165) is 6.42 Å². The fourth-order valence-electron chi connectivity index (χ4n) is 0.406. The Balaban J connectivity index is 2.15. The second kappa shape index (κ2) is 4.24. The van der Waals surface area contributed by atoms with Crippen LogP contribution in [0.1, 0.15) is 6.42 Å². The standard InChI is InChI=1S/C4H8N5S/c5-2-1-3-10-4-6-8-9-7-4/h3H,1-2,5H2,(H,6,7,8,9). The Hall–Kier alpha value is -0.620. The fraction of sp³-hybridized carbons (Fsp3) is 0.500. The average Bonchev–Trinajstić information content (AvgIpc) is 2.41. The van der Waals surface area contributed by atoms with Crippen LogP contribution >= 0.6 is 11.8 Å². The number of tetrazole rings is 1. The van der Waals surface area contributed by atoms with Gasteiger partial charge in [-0.3, -0.25) is 0 Å². The summed E-state index contributed by atoms with van der Waals surface area (Å²) < 4.78 is 0. The second-order valence-corrected chi connectivity index (χ2v) is 2.52. The molecule has 0 amide bonds. The van der Waals surface area contributed by atoms with Crippen molar-refractivity contribution in [3.8, 4) is 0 Å². The first-order chi connectivity index (χ1) is 4.93. The van der Waals surface area contributed by atoms with Crippen molar-refractivity contribution in [2.75, 3.05) is 6.54 Å². The first-order valence-electron chi connectivity index (χ1n) is 2.85. The molecule has 0 aliphatic heterocycles. The van der Waals surface area contributed by atoms with E-state index in [4.69, 9.17) is 5.73 Å². The highest BCUT2D eigenvalue weighted by atomic mass is 32.2. The lowest BCUT2D eigenvalue weighted by Gasteiger charge is -1.90. The van der Waals surface area contributed by atoms with Crippen LogP contribution in [0.15, 0.2) is 5.16 Å². The van der Waals surface area contributed by atoms with Crippen LogP contribution in [0.2, 0.25) is 0 Å². The summed E-state index contributed by atoms with van der Waals surface area (Å²) in [7, 11) is 0. The highest BCUT2D eigenvalue weighted by molar-refractivity contribution is 8.01. The van der Waals surface area contributed by atoms with E-state index >= 15 is 0 Å². The van der Waals surface area contributed by atoms with Gasteiger partial charge in [-0.05, 0) is 23.4 Å². The Morgan fingerprint density at radius 1 is 1.70 bits per heavy atom. The number of rotatable bonds is 4. The third-order valence-corrected chi connectivity index (χ3v) is 1.60. The Bertz CT molecular complexity index is 162. The zero-order valence-corrected chi connectivity index (χ0v) is 6.14. The van der Waals surface area contributed by atoms with Crippen molar-refractivity contribution in [1.82, 2.24) is 20.6 Å². The number of H-pyrrole nitrogens is 1. The van der Waals surface area contributed by atoms with Gasteiger partial charge >= 0.3 is 0 Å². The van der Waals surface area contributed by atoms with Gasteiger partial charge in [-0.15, -0.1) is 5.10 Å². The van der Waals surface area contributed by atoms with Gasteiger partial charge in [-0.2, -0.15) is 0 Å². The van der Waals surface area contributed by atoms with Gasteiger partial charge < -0.3 is 5.73 Å². The minimum atomic E-state index is 0.661. The molecule has 0 saturated carbocycles. The molecular formula is C4H8N5S. The normalized spacial score (nSPS) is 10.1. The second-order valence-electron chi connectivity index (χ2n) is 1.57. The molecule has 0 unspecified atom stereocenters. The molecule has 10 heavy (non-hydrogen) atoms. The predicted molar refractivity (Wildman–Crippen MR) is 38.0 cm³/mol. The van der Waals surface area contributed by atoms with Gasteiger partial charge in [0.05, 0.1) is 0 Å². The van der Waals surface area contributed by atoms with Gasteiger partial charge in [0.2, 0.25) is 5.16 Å². The van der Waals surface area contributed by atoms with Gasteiger partial charge in [0, 0.05) is 5.75 Å². The summed E-state index contributed by atoms with van der Waals surface area (Å²) in [6, 6.07) is 0. The fourth-order valence-corrected chi connectivity index (χ4v) is 0.995. The lowest BCUT2D eigenvalue weighted by molar-refractivity contribution is 0.881. The van der Waals surface area contributed by atoms with Crippen molar-refractivity contribution in [1.29, 1.82) is 0 Å². The van der Waals surface area contributed by atoms with E-state index in [1.54, 1.807) is 0 Å². The zero-order valence-electron chi connectivity index (χ0n) is 5.32. The predicted octanol–water partition coefficient (Wildman–Crippen LogP) is -0.198. The topological polar surface area (TPSA) is 80.5 Å².